The van der Waals surface area contributed by atoms with Crippen LogP contribution in [0.5, 0.6) is 0 Å². The maximum atomic E-state index is 7.13. The van der Waals surface area contributed by atoms with Crippen molar-refractivity contribution >= 4 is 25.3 Å². The second kappa shape index (κ2) is 25.5. The standard InChI is InChI=1S/2C5H5N.2CHNS.Cd/c2*1-2-4-6-5-3-1;2*2-1-3;/h2*1-5H;2*3H;/q;;;;+2/p-2. The molecule has 2 aromatic rings. The summed E-state index contributed by atoms with van der Waals surface area (Å²) in [6.45, 7) is 0. The molecule has 0 unspecified atom stereocenters. The van der Waals surface area contributed by atoms with Gasteiger partial charge in [0.25, 0.3) is 0 Å². The first-order valence-electron chi connectivity index (χ1n) is 4.55. The summed E-state index contributed by atoms with van der Waals surface area (Å²) in [5.41, 5.74) is 0. The number of thiocyanates is 2. The minimum Gasteiger partial charge on any atom is -0.696 e. The molecule has 0 amide bonds. The summed E-state index contributed by atoms with van der Waals surface area (Å²) in [6.07, 6.45) is 7.00. The summed E-state index contributed by atoms with van der Waals surface area (Å²) in [6, 6.07) is 11.4. The van der Waals surface area contributed by atoms with Crippen LogP contribution in [0.4, 0.5) is 0 Å². The molecule has 2 rings (SSSR count). The summed E-state index contributed by atoms with van der Waals surface area (Å²) in [4.78, 5) is 7.57. The Morgan fingerprint density at radius 3 is 0.895 bits per heavy atom. The molecule has 4 nitrogen and oxygen atoms in total. The average Bonchev–Trinajstić information content (AvgIpc) is 2.45. The number of nitrogens with zero attached hydrogens (tertiary/aromatic N) is 4. The molecule has 0 aliphatic carbocycles. The Bertz CT molecular complexity index is 332. The van der Waals surface area contributed by atoms with Gasteiger partial charge in [-0.05, 0) is 24.3 Å². The van der Waals surface area contributed by atoms with Crippen molar-refractivity contribution in [2.45, 2.75) is 0 Å². The van der Waals surface area contributed by atoms with Crippen molar-refractivity contribution in [3.63, 3.8) is 0 Å². The molecule has 0 aromatic carbocycles. The van der Waals surface area contributed by atoms with Gasteiger partial charge in [0.1, 0.15) is 0 Å². The van der Waals surface area contributed by atoms with Crippen molar-refractivity contribution in [3.8, 4) is 10.8 Å². The molecule has 0 atom stereocenters. The summed E-state index contributed by atoms with van der Waals surface area (Å²) in [5, 5.41) is 16.9. The van der Waals surface area contributed by atoms with Crippen LogP contribution in [0.25, 0.3) is 0 Å². The number of aromatic nitrogens is 2. The minimum atomic E-state index is 0. The zero-order chi connectivity index (χ0) is 13.9. The summed E-state index contributed by atoms with van der Waals surface area (Å²) < 4.78 is 0. The van der Waals surface area contributed by atoms with Crippen LogP contribution in [0.1, 0.15) is 0 Å². The van der Waals surface area contributed by atoms with Gasteiger partial charge in [0.05, 0.1) is 0 Å². The number of hydrogen-bond acceptors (Lipinski definition) is 6. The van der Waals surface area contributed by atoms with Gasteiger partial charge in [0.2, 0.25) is 0 Å². The zero-order valence-electron chi connectivity index (χ0n) is 10.1. The van der Waals surface area contributed by atoms with Crippen LogP contribution in [0.3, 0.4) is 0 Å². The Morgan fingerprint density at radius 2 is 0.842 bits per heavy atom. The maximum absolute atomic E-state index is 7.13. The van der Waals surface area contributed by atoms with Gasteiger partial charge in [-0.25, -0.2) is 10.5 Å². The van der Waals surface area contributed by atoms with Crippen molar-refractivity contribution in [2.24, 2.45) is 0 Å². The topological polar surface area (TPSA) is 73.4 Å². The fourth-order valence-electron chi connectivity index (χ4n) is 0.625. The second-order valence-electron chi connectivity index (χ2n) is 2.23. The van der Waals surface area contributed by atoms with Gasteiger partial charge in [0.15, 0.2) is 0 Å². The SMILES string of the molecule is N#C[S-].N#C[S-].[Cd+2].c1ccncc1.c1ccncc1. The Balaban J connectivity index is -0.000000188. The van der Waals surface area contributed by atoms with Crippen molar-refractivity contribution in [3.05, 3.63) is 61.2 Å². The molecule has 0 fully saturated rings. The van der Waals surface area contributed by atoms with Gasteiger partial charge in [-0.1, -0.05) is 22.9 Å². The van der Waals surface area contributed by atoms with Crippen LogP contribution in [-0.2, 0) is 52.6 Å². The fourth-order valence-corrected chi connectivity index (χ4v) is 0.625. The Hall–Kier alpha value is -1.36. The quantitative estimate of drug-likeness (QED) is 0.392. The monoisotopic (exact) mass is 388 g/mol. The molecule has 0 saturated carbocycles. The van der Waals surface area contributed by atoms with Crippen molar-refractivity contribution < 1.29 is 27.3 Å². The van der Waals surface area contributed by atoms with Crippen LogP contribution in [0, 0.1) is 21.3 Å². The Morgan fingerprint density at radius 1 is 0.632 bits per heavy atom. The molecule has 0 spiro atoms. The third-order valence-electron chi connectivity index (χ3n) is 1.13. The van der Waals surface area contributed by atoms with Gasteiger partial charge in [0, 0.05) is 24.8 Å². The fraction of sp³-hybridized carbons (Fsp3) is 0. The van der Waals surface area contributed by atoms with Crippen LogP contribution in [0.2, 0.25) is 0 Å². The molecule has 0 aliphatic rings. The first-order valence-corrected chi connectivity index (χ1v) is 5.37. The molecule has 0 bridgehead atoms. The molecule has 2 aromatic heterocycles. The van der Waals surface area contributed by atoms with E-state index in [2.05, 4.69) is 35.2 Å². The van der Waals surface area contributed by atoms with Crippen molar-refractivity contribution in [1.29, 1.82) is 10.5 Å². The van der Waals surface area contributed by atoms with Crippen LogP contribution >= 0.6 is 0 Å². The van der Waals surface area contributed by atoms with Crippen molar-refractivity contribution in [1.82, 2.24) is 9.97 Å². The number of rotatable bonds is 0. The molecule has 0 N–H and O–H groups in total. The van der Waals surface area contributed by atoms with E-state index in [-0.39, 0.29) is 27.3 Å². The van der Waals surface area contributed by atoms with E-state index >= 15 is 0 Å². The Labute approximate surface area is 144 Å². The largest absolute Gasteiger partial charge is 2.00 e. The van der Waals surface area contributed by atoms with E-state index in [1.54, 1.807) is 24.8 Å². The first-order chi connectivity index (χ1) is 8.83. The molecule has 0 radical (unpaired) electrons. The number of pyridine rings is 2. The number of hydrogen-bond donors (Lipinski definition) is 0. The molecule has 7 heteroatoms. The van der Waals surface area contributed by atoms with Crippen LogP contribution in [0.15, 0.2) is 61.2 Å². The van der Waals surface area contributed by atoms with Gasteiger partial charge in [-0.3, -0.25) is 9.97 Å². The van der Waals surface area contributed by atoms with Crippen LogP contribution < -0.4 is 0 Å². The van der Waals surface area contributed by atoms with Gasteiger partial charge < -0.3 is 25.3 Å². The van der Waals surface area contributed by atoms with E-state index in [9.17, 15) is 0 Å². The van der Waals surface area contributed by atoms with Gasteiger partial charge in [-0.2, -0.15) is 0 Å². The van der Waals surface area contributed by atoms with E-state index in [1.165, 1.54) is 10.8 Å². The maximum Gasteiger partial charge on any atom is 2.00 e. The van der Waals surface area contributed by atoms with Gasteiger partial charge >= 0.3 is 27.3 Å². The minimum absolute atomic E-state index is 0. The van der Waals surface area contributed by atoms with E-state index in [0.29, 0.717) is 0 Å². The molecule has 0 aliphatic heterocycles. The second-order valence-corrected chi connectivity index (χ2v) is 2.60. The smallest absolute Gasteiger partial charge is 0.696 e. The molecule has 19 heavy (non-hydrogen) atoms. The average molecular weight is 387 g/mol. The molecule has 2 heterocycles. The third kappa shape index (κ3) is 31.5. The van der Waals surface area contributed by atoms with Gasteiger partial charge in [-0.15, -0.1) is 0 Å². The molecular weight excluding hydrogens is 377 g/mol. The van der Waals surface area contributed by atoms with E-state index in [4.69, 9.17) is 10.5 Å². The predicted molar refractivity (Wildman–Crippen MR) is 74.4 cm³/mol. The van der Waals surface area contributed by atoms with E-state index < -0.39 is 0 Å². The van der Waals surface area contributed by atoms with Crippen LogP contribution in [-0.4, -0.2) is 9.97 Å². The summed E-state index contributed by atoms with van der Waals surface area (Å²) in [5.74, 6) is 0. The predicted octanol–water partition coefficient (Wildman–Crippen LogP) is 2.19. The third-order valence-corrected chi connectivity index (χ3v) is 1.13. The molecular formula is C12H10CdN4S2. The van der Waals surface area contributed by atoms with E-state index in [0.717, 1.165) is 0 Å². The summed E-state index contributed by atoms with van der Waals surface area (Å²) in [7, 11) is 0. The normalized spacial score (nSPS) is 5.79. The molecule has 92 valence electrons. The summed E-state index contributed by atoms with van der Waals surface area (Å²) >= 11 is 7.40. The van der Waals surface area contributed by atoms with Crippen molar-refractivity contribution in [2.75, 3.05) is 0 Å². The number of nitriles is 2. The Kier molecular flexibility index (Phi) is 30.6. The first kappa shape index (κ1) is 22.8. The molecule has 0 saturated heterocycles. The van der Waals surface area contributed by atoms with E-state index in [1.807, 2.05) is 36.4 Å². The zero-order valence-corrected chi connectivity index (χ0v) is 15.8.